The van der Waals surface area contributed by atoms with Crippen LogP contribution in [0.4, 0.5) is 0 Å². The number of nitrogens with one attached hydrogen (secondary N) is 1. The molecule has 0 spiro atoms. The number of benzene rings is 1. The molecule has 1 aromatic carbocycles. The zero-order chi connectivity index (χ0) is 14.4. The quantitative estimate of drug-likeness (QED) is 0.503. The van der Waals surface area contributed by atoms with Gasteiger partial charge in [-0.1, -0.05) is 42.5 Å². The summed E-state index contributed by atoms with van der Waals surface area (Å²) in [5.41, 5.74) is 7.55. The van der Waals surface area contributed by atoms with Crippen molar-refractivity contribution >= 4 is 17.2 Å². The Morgan fingerprint density at radius 3 is 2.55 bits per heavy atom. The van der Waals surface area contributed by atoms with Crippen molar-refractivity contribution < 1.29 is 0 Å². The van der Waals surface area contributed by atoms with E-state index in [1.165, 1.54) is 0 Å². The van der Waals surface area contributed by atoms with Crippen LogP contribution in [0.25, 0.3) is 0 Å². The van der Waals surface area contributed by atoms with E-state index < -0.39 is 0 Å². The molecule has 20 heavy (non-hydrogen) atoms. The summed E-state index contributed by atoms with van der Waals surface area (Å²) in [6.07, 6.45) is 2.23. The van der Waals surface area contributed by atoms with Crippen molar-refractivity contribution in [3.8, 4) is 6.07 Å². The molecule has 0 bridgehead atoms. The Kier molecular flexibility index (Phi) is 4.97. The fourth-order valence-electron chi connectivity index (χ4n) is 2.21. The molecule has 0 radical (unpaired) electrons. The molecule has 1 fully saturated rings. The van der Waals surface area contributed by atoms with Crippen LogP contribution in [-0.2, 0) is 6.54 Å². The number of thiocarbonyl (C=S) groups is 1. The van der Waals surface area contributed by atoms with Crippen molar-refractivity contribution in [1.82, 2.24) is 10.2 Å². The van der Waals surface area contributed by atoms with Gasteiger partial charge < -0.3 is 16.0 Å². The van der Waals surface area contributed by atoms with E-state index in [1.807, 2.05) is 35.2 Å². The standard InChI is InChI=1S/C15H18N4S/c16-10-13(14(17)19-8-4-5-9-19)15(20)18-11-12-6-2-1-3-7-12/h1-3,6-7H,4-5,8-9,11,17H2,(H,18,20)/b14-13+. The number of hydrogen-bond acceptors (Lipinski definition) is 4. The smallest absolute Gasteiger partial charge is 0.126 e. The van der Waals surface area contributed by atoms with E-state index in [-0.39, 0.29) is 0 Å². The average molecular weight is 286 g/mol. The van der Waals surface area contributed by atoms with Gasteiger partial charge in [0.15, 0.2) is 0 Å². The Balaban J connectivity index is 2.02. The summed E-state index contributed by atoms with van der Waals surface area (Å²) in [6.45, 7) is 2.40. The second-order valence-electron chi connectivity index (χ2n) is 4.73. The number of nitrogens with two attached hydrogens (primary N) is 1. The molecule has 0 aliphatic carbocycles. The number of nitriles is 1. The Hall–Kier alpha value is -2.06. The molecule has 1 aliphatic rings. The molecule has 5 heteroatoms. The van der Waals surface area contributed by atoms with Crippen LogP contribution in [0.3, 0.4) is 0 Å². The monoisotopic (exact) mass is 286 g/mol. The summed E-state index contributed by atoms with van der Waals surface area (Å²) < 4.78 is 0. The van der Waals surface area contributed by atoms with Crippen LogP contribution in [0, 0.1) is 11.3 Å². The van der Waals surface area contributed by atoms with Crippen LogP contribution in [0.2, 0.25) is 0 Å². The van der Waals surface area contributed by atoms with Crippen LogP contribution in [0.5, 0.6) is 0 Å². The second kappa shape index (κ2) is 6.92. The topological polar surface area (TPSA) is 65.1 Å². The lowest BCUT2D eigenvalue weighted by atomic mass is 10.2. The minimum atomic E-state index is 0.373. The minimum absolute atomic E-state index is 0.373. The molecule has 1 aliphatic heterocycles. The van der Waals surface area contributed by atoms with Crippen LogP contribution in [0.15, 0.2) is 41.7 Å². The van der Waals surface area contributed by atoms with Gasteiger partial charge in [-0.2, -0.15) is 5.26 Å². The van der Waals surface area contributed by atoms with E-state index in [9.17, 15) is 5.26 Å². The summed E-state index contributed by atoms with van der Waals surface area (Å²) >= 11 is 5.29. The summed E-state index contributed by atoms with van der Waals surface area (Å²) in [5.74, 6) is 0.496. The molecule has 0 amide bonds. The largest absolute Gasteiger partial charge is 0.384 e. The van der Waals surface area contributed by atoms with Crippen molar-refractivity contribution in [3.63, 3.8) is 0 Å². The first-order valence-corrected chi connectivity index (χ1v) is 7.10. The molecule has 0 saturated carbocycles. The van der Waals surface area contributed by atoms with Gasteiger partial charge in [0.05, 0.1) is 0 Å². The summed E-state index contributed by atoms with van der Waals surface area (Å²) in [4.78, 5) is 2.44. The molecule has 0 unspecified atom stereocenters. The molecule has 3 N–H and O–H groups in total. The molecular weight excluding hydrogens is 268 g/mol. The van der Waals surface area contributed by atoms with Crippen LogP contribution in [0.1, 0.15) is 18.4 Å². The first kappa shape index (κ1) is 14.4. The molecule has 1 aromatic rings. The minimum Gasteiger partial charge on any atom is -0.384 e. The van der Waals surface area contributed by atoms with Gasteiger partial charge >= 0.3 is 0 Å². The van der Waals surface area contributed by atoms with Crippen LogP contribution >= 0.6 is 12.2 Å². The van der Waals surface area contributed by atoms with Gasteiger partial charge in [-0.25, -0.2) is 0 Å². The lowest BCUT2D eigenvalue weighted by Crippen LogP contribution is -2.31. The summed E-state index contributed by atoms with van der Waals surface area (Å²) in [6, 6.07) is 12.1. The SMILES string of the molecule is N#C/C(C(=S)NCc1ccccc1)=C(/N)N1CCCC1. The predicted octanol–water partition coefficient (Wildman–Crippen LogP) is 1.89. The number of hydrogen-bond donors (Lipinski definition) is 2. The fourth-order valence-corrected chi connectivity index (χ4v) is 2.43. The van der Waals surface area contributed by atoms with Crippen molar-refractivity contribution in [2.75, 3.05) is 13.1 Å². The third kappa shape index (κ3) is 3.49. The van der Waals surface area contributed by atoms with Crippen molar-refractivity contribution in [2.45, 2.75) is 19.4 Å². The number of nitrogens with zero attached hydrogens (tertiary/aromatic N) is 2. The molecule has 0 aromatic heterocycles. The van der Waals surface area contributed by atoms with Crippen molar-refractivity contribution in [2.24, 2.45) is 5.73 Å². The van der Waals surface area contributed by atoms with Crippen molar-refractivity contribution in [3.05, 3.63) is 47.3 Å². The normalized spacial score (nSPS) is 15.4. The first-order valence-electron chi connectivity index (χ1n) is 6.69. The van der Waals surface area contributed by atoms with Crippen molar-refractivity contribution in [1.29, 1.82) is 5.26 Å². The van der Waals surface area contributed by atoms with Crippen LogP contribution in [-0.4, -0.2) is 23.0 Å². The Morgan fingerprint density at radius 1 is 1.30 bits per heavy atom. The fraction of sp³-hybridized carbons (Fsp3) is 0.333. The number of likely N-dealkylation sites (tertiary alicyclic amines) is 1. The Bertz CT molecular complexity index is 539. The molecule has 104 valence electrons. The third-order valence-corrected chi connectivity index (χ3v) is 3.69. The van der Waals surface area contributed by atoms with Gasteiger partial charge in [-0.15, -0.1) is 0 Å². The maximum atomic E-state index is 9.28. The molecular formula is C15H18N4S. The number of rotatable bonds is 4. The molecule has 1 saturated heterocycles. The van der Waals surface area contributed by atoms with Gasteiger partial charge in [0.25, 0.3) is 0 Å². The molecule has 4 nitrogen and oxygen atoms in total. The van der Waals surface area contributed by atoms with Gasteiger partial charge in [0.1, 0.15) is 22.5 Å². The zero-order valence-corrected chi connectivity index (χ0v) is 12.1. The highest BCUT2D eigenvalue weighted by Gasteiger charge is 2.18. The summed E-state index contributed by atoms with van der Waals surface area (Å²) in [7, 11) is 0. The Labute approximate surface area is 124 Å². The maximum Gasteiger partial charge on any atom is 0.126 e. The van der Waals surface area contributed by atoms with E-state index in [1.54, 1.807) is 0 Å². The molecule has 0 atom stereocenters. The highest BCUT2D eigenvalue weighted by Crippen LogP contribution is 2.14. The highest BCUT2D eigenvalue weighted by atomic mass is 32.1. The van der Waals surface area contributed by atoms with Gasteiger partial charge in [-0.05, 0) is 18.4 Å². The maximum absolute atomic E-state index is 9.28. The van der Waals surface area contributed by atoms with E-state index in [2.05, 4.69) is 11.4 Å². The van der Waals surface area contributed by atoms with Gasteiger partial charge in [0.2, 0.25) is 0 Å². The second-order valence-corrected chi connectivity index (χ2v) is 5.14. The summed E-state index contributed by atoms with van der Waals surface area (Å²) in [5, 5.41) is 12.4. The molecule has 2 rings (SSSR count). The van der Waals surface area contributed by atoms with E-state index in [0.717, 1.165) is 31.5 Å². The molecule has 1 heterocycles. The highest BCUT2D eigenvalue weighted by molar-refractivity contribution is 7.80. The third-order valence-electron chi connectivity index (χ3n) is 3.34. The first-order chi connectivity index (χ1) is 9.72. The van der Waals surface area contributed by atoms with E-state index >= 15 is 0 Å². The van der Waals surface area contributed by atoms with E-state index in [0.29, 0.717) is 22.9 Å². The average Bonchev–Trinajstić information content (AvgIpc) is 3.01. The van der Waals surface area contributed by atoms with Gasteiger partial charge in [0, 0.05) is 19.6 Å². The van der Waals surface area contributed by atoms with Gasteiger partial charge in [-0.3, -0.25) is 0 Å². The lowest BCUT2D eigenvalue weighted by molar-refractivity contribution is 0.420. The van der Waals surface area contributed by atoms with Crippen LogP contribution < -0.4 is 11.1 Å². The Morgan fingerprint density at radius 2 is 1.95 bits per heavy atom. The predicted molar refractivity (Wildman–Crippen MR) is 83.5 cm³/mol. The zero-order valence-electron chi connectivity index (χ0n) is 11.3. The van der Waals surface area contributed by atoms with E-state index in [4.69, 9.17) is 18.0 Å². The lowest BCUT2D eigenvalue weighted by Gasteiger charge is -2.19.